The van der Waals surface area contributed by atoms with E-state index in [0.29, 0.717) is 21.3 Å². The van der Waals surface area contributed by atoms with Crippen molar-refractivity contribution in [1.82, 2.24) is 10.2 Å². The molecule has 1 atom stereocenters. The molecule has 7 nitrogen and oxygen atoms in total. The monoisotopic (exact) mass is 709 g/mol. The standard InChI is InChI=1S/C38H45Cl2N3O4S/c1-25(2)41-37(45)35(18-26-7-5-4-6-8-26)42(23-30-9-12-32(39)19-34(30)40)36(44)24-43(48(3,46)47)33-13-10-31(11-14-33)38-20-27-15-28(21-38)17-29(16-27)22-38/h4-14,19,25,27-29,35H,15-18,20-24H2,1-3H3,(H,41,45)/t27?,28?,29?,35-,38?/m1/s1. The molecule has 4 aliphatic carbocycles. The number of sulfonamides is 1. The fourth-order valence-electron chi connectivity index (χ4n) is 8.83. The van der Waals surface area contributed by atoms with Crippen LogP contribution in [0, 0.1) is 17.8 Å². The largest absolute Gasteiger partial charge is 0.352 e. The Labute approximate surface area is 295 Å². The van der Waals surface area contributed by atoms with Crippen LogP contribution in [0.2, 0.25) is 10.0 Å². The highest BCUT2D eigenvalue weighted by Gasteiger charge is 2.51. The van der Waals surface area contributed by atoms with Gasteiger partial charge in [-0.2, -0.15) is 0 Å². The van der Waals surface area contributed by atoms with Gasteiger partial charge in [-0.05, 0) is 116 Å². The Bertz CT molecular complexity index is 1710. The summed E-state index contributed by atoms with van der Waals surface area (Å²) in [6, 6.07) is 21.2. The highest BCUT2D eigenvalue weighted by atomic mass is 35.5. The fourth-order valence-corrected chi connectivity index (χ4v) is 10.1. The number of rotatable bonds is 12. The predicted octanol–water partition coefficient (Wildman–Crippen LogP) is 7.39. The first-order valence-corrected chi connectivity index (χ1v) is 19.6. The molecular weight excluding hydrogens is 665 g/mol. The molecule has 0 aliphatic heterocycles. The molecule has 1 N–H and O–H groups in total. The Morgan fingerprint density at radius 2 is 1.50 bits per heavy atom. The highest BCUT2D eigenvalue weighted by Crippen LogP contribution is 2.60. The zero-order valence-electron chi connectivity index (χ0n) is 27.9. The van der Waals surface area contributed by atoms with E-state index in [0.717, 1.165) is 33.9 Å². The molecule has 7 rings (SSSR count). The van der Waals surface area contributed by atoms with Gasteiger partial charge in [0.05, 0.1) is 11.9 Å². The second kappa shape index (κ2) is 14.0. The van der Waals surface area contributed by atoms with Crippen molar-refractivity contribution in [2.24, 2.45) is 17.8 Å². The molecule has 256 valence electrons. The van der Waals surface area contributed by atoms with E-state index in [-0.39, 0.29) is 30.3 Å². The lowest BCUT2D eigenvalue weighted by atomic mass is 9.48. The zero-order valence-corrected chi connectivity index (χ0v) is 30.2. The lowest BCUT2D eigenvalue weighted by molar-refractivity contribution is -0.140. The van der Waals surface area contributed by atoms with Crippen LogP contribution in [-0.2, 0) is 38.0 Å². The van der Waals surface area contributed by atoms with Crippen molar-refractivity contribution in [3.63, 3.8) is 0 Å². The molecule has 4 saturated carbocycles. The summed E-state index contributed by atoms with van der Waals surface area (Å²) < 4.78 is 27.8. The number of hydrogen-bond acceptors (Lipinski definition) is 4. The van der Waals surface area contributed by atoms with Gasteiger partial charge < -0.3 is 10.2 Å². The lowest BCUT2D eigenvalue weighted by Gasteiger charge is -2.57. The van der Waals surface area contributed by atoms with Gasteiger partial charge >= 0.3 is 0 Å². The number of hydrogen-bond donors (Lipinski definition) is 1. The molecule has 0 heterocycles. The molecule has 10 heteroatoms. The van der Waals surface area contributed by atoms with Crippen LogP contribution in [-0.4, -0.2) is 50.0 Å². The van der Waals surface area contributed by atoms with E-state index in [2.05, 4.69) is 17.4 Å². The van der Waals surface area contributed by atoms with E-state index in [1.165, 1.54) is 49.0 Å². The lowest BCUT2D eigenvalue weighted by Crippen LogP contribution is -2.54. The smallest absolute Gasteiger partial charge is 0.244 e. The molecule has 0 spiro atoms. The first-order valence-electron chi connectivity index (χ1n) is 17.0. The van der Waals surface area contributed by atoms with Gasteiger partial charge in [-0.3, -0.25) is 13.9 Å². The van der Waals surface area contributed by atoms with E-state index in [4.69, 9.17) is 23.2 Å². The Kier molecular flexibility index (Phi) is 10.2. The Balaban J connectivity index is 1.32. The van der Waals surface area contributed by atoms with E-state index in [1.807, 2.05) is 56.3 Å². The summed E-state index contributed by atoms with van der Waals surface area (Å²) in [6.45, 7) is 3.23. The molecule has 4 bridgehead atoms. The molecule has 3 aromatic rings. The van der Waals surface area contributed by atoms with Gasteiger partial charge in [0.15, 0.2) is 0 Å². The maximum atomic E-state index is 14.4. The normalized spacial score (nSPS) is 23.6. The average molecular weight is 711 g/mol. The number of halogens is 2. The van der Waals surface area contributed by atoms with Crippen LogP contribution in [0.3, 0.4) is 0 Å². The number of nitrogens with one attached hydrogen (secondary N) is 1. The quantitative estimate of drug-likeness (QED) is 0.213. The van der Waals surface area contributed by atoms with Crippen molar-refractivity contribution in [3.05, 3.63) is 99.5 Å². The molecule has 3 aromatic carbocycles. The van der Waals surface area contributed by atoms with Crippen molar-refractivity contribution >= 4 is 50.7 Å². The topological polar surface area (TPSA) is 86.8 Å². The van der Waals surface area contributed by atoms with Crippen LogP contribution in [0.5, 0.6) is 0 Å². The SMILES string of the molecule is CC(C)NC(=O)[C@@H](Cc1ccccc1)N(Cc1ccc(Cl)cc1Cl)C(=O)CN(c1ccc(C23CC4CC(CC(C4)C2)C3)cc1)S(C)(=O)=O. The molecular formula is C38H45Cl2N3O4S. The van der Waals surface area contributed by atoms with Gasteiger partial charge in [-0.15, -0.1) is 0 Å². The Hall–Kier alpha value is -3.07. The number of amides is 2. The third-order valence-corrected chi connectivity index (χ3v) is 12.3. The second-order valence-corrected chi connectivity index (χ2v) is 17.4. The van der Waals surface area contributed by atoms with Crippen molar-refractivity contribution in [2.45, 2.75) is 82.8 Å². The van der Waals surface area contributed by atoms with E-state index >= 15 is 0 Å². The molecule has 0 saturated heterocycles. The molecule has 2 amide bonds. The van der Waals surface area contributed by atoms with Gasteiger partial charge in [0.1, 0.15) is 12.6 Å². The average Bonchev–Trinajstić information content (AvgIpc) is 3.01. The summed E-state index contributed by atoms with van der Waals surface area (Å²) in [5.41, 5.74) is 3.33. The number of carbonyl (C=O) groups is 2. The van der Waals surface area contributed by atoms with Crippen LogP contribution >= 0.6 is 23.2 Å². The summed E-state index contributed by atoms with van der Waals surface area (Å²) in [4.78, 5) is 29.7. The van der Waals surface area contributed by atoms with Crippen molar-refractivity contribution in [1.29, 1.82) is 0 Å². The molecule has 48 heavy (non-hydrogen) atoms. The minimum atomic E-state index is -3.87. The van der Waals surface area contributed by atoms with Crippen molar-refractivity contribution < 1.29 is 18.0 Å². The number of nitrogens with zero attached hydrogens (tertiary/aromatic N) is 2. The maximum Gasteiger partial charge on any atom is 0.244 e. The number of carbonyl (C=O) groups excluding carboxylic acids is 2. The fraction of sp³-hybridized carbons (Fsp3) is 0.474. The molecule has 4 aliphatic rings. The molecule has 0 unspecified atom stereocenters. The third-order valence-electron chi connectivity index (χ3n) is 10.5. The van der Waals surface area contributed by atoms with Crippen LogP contribution < -0.4 is 9.62 Å². The van der Waals surface area contributed by atoms with Gasteiger partial charge in [0.25, 0.3) is 0 Å². The zero-order chi connectivity index (χ0) is 34.2. The first-order chi connectivity index (χ1) is 22.8. The van der Waals surface area contributed by atoms with Crippen molar-refractivity contribution in [3.8, 4) is 0 Å². The summed E-state index contributed by atoms with van der Waals surface area (Å²) in [5, 5.41) is 3.76. The van der Waals surface area contributed by atoms with Gasteiger partial charge in [0.2, 0.25) is 21.8 Å². The van der Waals surface area contributed by atoms with E-state index in [1.54, 1.807) is 18.2 Å². The summed E-state index contributed by atoms with van der Waals surface area (Å²) in [7, 11) is -3.87. The summed E-state index contributed by atoms with van der Waals surface area (Å²) >= 11 is 12.8. The molecule has 0 radical (unpaired) electrons. The van der Waals surface area contributed by atoms with Crippen LogP contribution in [0.15, 0.2) is 72.8 Å². The maximum absolute atomic E-state index is 14.4. The first kappa shape index (κ1) is 34.8. The van der Waals surface area contributed by atoms with Gasteiger partial charge in [-0.25, -0.2) is 8.42 Å². The summed E-state index contributed by atoms with van der Waals surface area (Å²) in [6.07, 6.45) is 9.00. The van der Waals surface area contributed by atoms with Gasteiger partial charge in [0, 0.05) is 29.1 Å². The summed E-state index contributed by atoms with van der Waals surface area (Å²) in [5.74, 6) is 1.52. The second-order valence-electron chi connectivity index (χ2n) is 14.6. The Morgan fingerprint density at radius 3 is 2.04 bits per heavy atom. The van der Waals surface area contributed by atoms with E-state index < -0.39 is 28.5 Å². The van der Waals surface area contributed by atoms with Crippen LogP contribution in [0.25, 0.3) is 0 Å². The van der Waals surface area contributed by atoms with E-state index in [9.17, 15) is 18.0 Å². The predicted molar refractivity (Wildman–Crippen MR) is 193 cm³/mol. The Morgan fingerprint density at radius 1 is 0.896 bits per heavy atom. The molecule has 0 aromatic heterocycles. The minimum Gasteiger partial charge on any atom is -0.352 e. The van der Waals surface area contributed by atoms with Crippen molar-refractivity contribution in [2.75, 3.05) is 17.1 Å². The third kappa shape index (κ3) is 7.71. The number of anilines is 1. The highest BCUT2D eigenvalue weighted by molar-refractivity contribution is 7.92. The van der Waals surface area contributed by atoms with Gasteiger partial charge in [-0.1, -0.05) is 71.7 Å². The number of benzene rings is 3. The molecule has 4 fully saturated rings. The van der Waals surface area contributed by atoms with Crippen LogP contribution in [0.1, 0.15) is 69.1 Å². The minimum absolute atomic E-state index is 0.0135. The van der Waals surface area contributed by atoms with Crippen LogP contribution in [0.4, 0.5) is 5.69 Å².